The van der Waals surface area contributed by atoms with Crippen LogP contribution in [0.25, 0.3) is 0 Å². The average Bonchev–Trinajstić information content (AvgIpc) is 2.29. The molecule has 1 aromatic rings. The Bertz CT molecular complexity index is 627. The van der Waals surface area contributed by atoms with Crippen molar-refractivity contribution in [1.82, 2.24) is 0 Å². The van der Waals surface area contributed by atoms with Gasteiger partial charge in [-0.3, -0.25) is 0 Å². The van der Waals surface area contributed by atoms with Gasteiger partial charge in [0.15, 0.2) is 0 Å². The fraction of sp³-hybridized carbons (Fsp3) is 0.231. The first-order valence-electron chi connectivity index (χ1n) is 5.58. The second-order valence-electron chi connectivity index (χ2n) is 4.33. The molecule has 0 unspecified atom stereocenters. The van der Waals surface area contributed by atoms with Gasteiger partial charge in [0.05, 0.1) is 9.80 Å². The molecule has 0 radical (unpaired) electrons. The summed E-state index contributed by atoms with van der Waals surface area (Å²) in [6.07, 6.45) is 2.91. The zero-order chi connectivity index (χ0) is 13.3. The Kier molecular flexibility index (Phi) is 3.50. The maximum atomic E-state index is 12.4. The van der Waals surface area contributed by atoms with Crippen LogP contribution in [0.3, 0.4) is 0 Å². The smallest absolute Gasteiger partial charge is 0.204 e. The van der Waals surface area contributed by atoms with E-state index in [0.717, 1.165) is 12.0 Å². The van der Waals surface area contributed by atoms with Gasteiger partial charge in [0, 0.05) is 10.7 Å². The Balaban J connectivity index is 2.50. The minimum Gasteiger partial charge on any atom is -0.398 e. The van der Waals surface area contributed by atoms with Crippen molar-refractivity contribution in [3.8, 4) is 0 Å². The van der Waals surface area contributed by atoms with Crippen molar-refractivity contribution in [2.24, 2.45) is 5.73 Å². The van der Waals surface area contributed by atoms with Gasteiger partial charge < -0.3 is 5.73 Å². The standard InChI is InChI=1S/C13H14ClNO2S/c1-9-2-7-13(12(15)8-9)18(16,17)11-5-3-10(14)4-6-11/h3-6,8H,2,7,15H2,1H3. The van der Waals surface area contributed by atoms with Crippen LogP contribution in [0.5, 0.6) is 0 Å². The summed E-state index contributed by atoms with van der Waals surface area (Å²) in [4.78, 5) is 0.535. The maximum absolute atomic E-state index is 12.4. The molecule has 5 heteroatoms. The molecule has 2 N–H and O–H groups in total. The molecule has 0 saturated carbocycles. The number of allylic oxidation sites excluding steroid dienone is 3. The van der Waals surface area contributed by atoms with Gasteiger partial charge in [-0.25, -0.2) is 8.42 Å². The summed E-state index contributed by atoms with van der Waals surface area (Å²) in [5.74, 6) is 0. The molecule has 0 saturated heterocycles. The summed E-state index contributed by atoms with van der Waals surface area (Å²) in [5, 5.41) is 0.510. The van der Waals surface area contributed by atoms with E-state index >= 15 is 0 Å². The second-order valence-corrected chi connectivity index (χ2v) is 6.73. The van der Waals surface area contributed by atoms with Gasteiger partial charge in [0.2, 0.25) is 9.84 Å². The van der Waals surface area contributed by atoms with Crippen molar-refractivity contribution in [3.05, 3.63) is 51.5 Å². The number of benzene rings is 1. The first kappa shape index (κ1) is 13.2. The topological polar surface area (TPSA) is 60.2 Å². The largest absolute Gasteiger partial charge is 0.398 e. The third-order valence-electron chi connectivity index (χ3n) is 2.92. The van der Waals surface area contributed by atoms with E-state index in [1.54, 1.807) is 18.2 Å². The fourth-order valence-corrected chi connectivity index (χ4v) is 3.56. The van der Waals surface area contributed by atoms with Crippen LogP contribution in [0.1, 0.15) is 19.8 Å². The fourth-order valence-electron chi connectivity index (χ4n) is 1.92. The summed E-state index contributed by atoms with van der Waals surface area (Å²) in [6.45, 7) is 1.94. The first-order valence-corrected chi connectivity index (χ1v) is 7.44. The van der Waals surface area contributed by atoms with Crippen molar-refractivity contribution in [1.29, 1.82) is 0 Å². The van der Waals surface area contributed by atoms with Gasteiger partial charge in [-0.15, -0.1) is 0 Å². The van der Waals surface area contributed by atoms with Crippen LogP contribution < -0.4 is 5.73 Å². The van der Waals surface area contributed by atoms with E-state index in [2.05, 4.69) is 0 Å². The molecule has 0 aliphatic heterocycles. The van der Waals surface area contributed by atoms with Gasteiger partial charge in [0.25, 0.3) is 0 Å². The minimum absolute atomic E-state index is 0.234. The number of hydrogen-bond donors (Lipinski definition) is 1. The lowest BCUT2D eigenvalue weighted by Gasteiger charge is -2.16. The van der Waals surface area contributed by atoms with Crippen LogP contribution in [0, 0.1) is 0 Å². The summed E-state index contributed by atoms with van der Waals surface area (Å²) in [7, 11) is -3.50. The average molecular weight is 284 g/mol. The molecule has 1 aliphatic carbocycles. The highest BCUT2D eigenvalue weighted by atomic mass is 35.5. The molecule has 0 fully saturated rings. The molecular formula is C13H14ClNO2S. The predicted molar refractivity (Wildman–Crippen MR) is 72.8 cm³/mol. The Morgan fingerprint density at radius 2 is 1.78 bits per heavy atom. The van der Waals surface area contributed by atoms with Crippen LogP contribution in [0.2, 0.25) is 5.02 Å². The quantitative estimate of drug-likeness (QED) is 0.907. The van der Waals surface area contributed by atoms with Crippen LogP contribution >= 0.6 is 11.6 Å². The van der Waals surface area contributed by atoms with Gasteiger partial charge in [0.1, 0.15) is 0 Å². The molecule has 3 nitrogen and oxygen atoms in total. The highest BCUT2D eigenvalue weighted by Crippen LogP contribution is 2.30. The van der Waals surface area contributed by atoms with Gasteiger partial charge >= 0.3 is 0 Å². The lowest BCUT2D eigenvalue weighted by Crippen LogP contribution is -2.14. The summed E-state index contributed by atoms with van der Waals surface area (Å²) < 4.78 is 24.8. The highest BCUT2D eigenvalue weighted by Gasteiger charge is 2.24. The van der Waals surface area contributed by atoms with Crippen LogP contribution in [0.15, 0.2) is 51.4 Å². The predicted octanol–water partition coefficient (Wildman–Crippen LogP) is 3.02. The van der Waals surface area contributed by atoms with Crippen molar-refractivity contribution in [3.63, 3.8) is 0 Å². The van der Waals surface area contributed by atoms with Crippen molar-refractivity contribution in [2.45, 2.75) is 24.7 Å². The number of rotatable bonds is 2. The third-order valence-corrected chi connectivity index (χ3v) is 5.15. The van der Waals surface area contributed by atoms with E-state index in [1.807, 2.05) is 6.92 Å². The minimum atomic E-state index is -3.50. The molecule has 96 valence electrons. The van der Waals surface area contributed by atoms with Crippen LogP contribution in [-0.4, -0.2) is 8.42 Å². The number of nitrogens with two attached hydrogens (primary N) is 1. The van der Waals surface area contributed by atoms with E-state index in [4.69, 9.17) is 17.3 Å². The van der Waals surface area contributed by atoms with Crippen molar-refractivity contribution < 1.29 is 8.42 Å². The van der Waals surface area contributed by atoms with Gasteiger partial charge in [-0.2, -0.15) is 0 Å². The lowest BCUT2D eigenvalue weighted by atomic mass is 10.1. The Hall–Kier alpha value is -1.26. The Morgan fingerprint density at radius 1 is 1.17 bits per heavy atom. The molecule has 18 heavy (non-hydrogen) atoms. The maximum Gasteiger partial charge on any atom is 0.204 e. The van der Waals surface area contributed by atoms with E-state index in [1.165, 1.54) is 12.1 Å². The SMILES string of the molecule is CC1=CC(N)=C(S(=O)(=O)c2ccc(Cl)cc2)CC1. The van der Waals surface area contributed by atoms with E-state index in [9.17, 15) is 8.42 Å². The molecule has 0 amide bonds. The Labute approximate surface area is 112 Å². The van der Waals surface area contributed by atoms with E-state index in [0.29, 0.717) is 22.0 Å². The summed E-state index contributed by atoms with van der Waals surface area (Å²) in [6, 6.07) is 6.14. The van der Waals surface area contributed by atoms with Crippen molar-refractivity contribution >= 4 is 21.4 Å². The number of hydrogen-bond acceptors (Lipinski definition) is 3. The third kappa shape index (κ3) is 2.44. The zero-order valence-electron chi connectivity index (χ0n) is 9.98. The number of sulfone groups is 1. The highest BCUT2D eigenvalue weighted by molar-refractivity contribution is 7.95. The first-order chi connectivity index (χ1) is 8.41. The second kappa shape index (κ2) is 4.78. The molecule has 0 atom stereocenters. The zero-order valence-corrected chi connectivity index (χ0v) is 11.6. The summed E-state index contributed by atoms with van der Waals surface area (Å²) >= 11 is 5.75. The molecule has 2 rings (SSSR count). The van der Waals surface area contributed by atoms with Crippen LogP contribution in [-0.2, 0) is 9.84 Å². The van der Waals surface area contributed by atoms with Crippen LogP contribution in [0.4, 0.5) is 0 Å². The summed E-state index contributed by atoms with van der Waals surface area (Å²) in [5.41, 5.74) is 7.26. The normalized spacial score (nSPS) is 16.7. The lowest BCUT2D eigenvalue weighted by molar-refractivity contribution is 0.599. The molecule has 0 heterocycles. The molecule has 0 aromatic heterocycles. The number of halogens is 1. The van der Waals surface area contributed by atoms with Crippen molar-refractivity contribution in [2.75, 3.05) is 0 Å². The van der Waals surface area contributed by atoms with Gasteiger partial charge in [-0.05, 0) is 50.1 Å². The Morgan fingerprint density at radius 3 is 2.33 bits per heavy atom. The molecule has 1 aliphatic rings. The molecular weight excluding hydrogens is 270 g/mol. The molecule has 0 bridgehead atoms. The monoisotopic (exact) mass is 283 g/mol. The van der Waals surface area contributed by atoms with Gasteiger partial charge in [-0.1, -0.05) is 17.2 Å². The molecule has 0 spiro atoms. The van der Waals surface area contributed by atoms with E-state index in [-0.39, 0.29) is 4.90 Å². The van der Waals surface area contributed by atoms with E-state index < -0.39 is 9.84 Å². The molecule has 1 aromatic carbocycles.